The smallest absolute Gasteiger partial charge is 0.343 e. The number of halogens is 1. The van der Waals surface area contributed by atoms with Gasteiger partial charge in [-0.1, -0.05) is 54.3 Å². The molecule has 0 unspecified atom stereocenters. The minimum atomic E-state index is -0.445. The van der Waals surface area contributed by atoms with Crippen molar-refractivity contribution in [2.75, 3.05) is 20.3 Å². The van der Waals surface area contributed by atoms with E-state index in [9.17, 15) is 9.18 Å². The maximum Gasteiger partial charge on any atom is 0.343 e. The van der Waals surface area contributed by atoms with Crippen LogP contribution in [0.3, 0.4) is 0 Å². The summed E-state index contributed by atoms with van der Waals surface area (Å²) < 4.78 is 29.7. The fourth-order valence-electron chi connectivity index (χ4n) is 3.72. The van der Waals surface area contributed by atoms with E-state index in [2.05, 4.69) is 16.6 Å². The molecule has 4 rings (SSSR count). The molecule has 0 fully saturated rings. The monoisotopic (exact) mass is 506 g/mol. The predicted octanol–water partition coefficient (Wildman–Crippen LogP) is 6.60. The molecule has 0 N–H and O–H groups in total. The largest absolute Gasteiger partial charge is 0.489 e. The minimum Gasteiger partial charge on any atom is -0.489 e. The van der Waals surface area contributed by atoms with E-state index in [1.165, 1.54) is 19.2 Å². The second-order valence-corrected chi connectivity index (χ2v) is 8.42. The molecule has 0 saturated carbocycles. The summed E-state index contributed by atoms with van der Waals surface area (Å²) in [5.41, 5.74) is 5.45. The van der Waals surface area contributed by atoms with Gasteiger partial charge in [0.2, 0.25) is 0 Å². The number of ether oxygens (including phenoxy) is 3. The van der Waals surface area contributed by atoms with Gasteiger partial charge in [0.25, 0.3) is 0 Å². The van der Waals surface area contributed by atoms with E-state index in [1.807, 2.05) is 73.7 Å². The number of esters is 1. The van der Waals surface area contributed by atoms with E-state index < -0.39 is 5.97 Å². The molecule has 0 bridgehead atoms. The average Bonchev–Trinajstić information content (AvgIpc) is 2.95. The van der Waals surface area contributed by atoms with E-state index >= 15 is 0 Å². The Morgan fingerprint density at radius 3 is 2.08 bits per heavy atom. The van der Waals surface area contributed by atoms with E-state index in [-0.39, 0.29) is 12.4 Å². The first-order valence-electron chi connectivity index (χ1n) is 12.1. The molecule has 0 spiro atoms. The highest BCUT2D eigenvalue weighted by atomic mass is 19.1. The number of methoxy groups -OCH3 is 1. The second-order valence-electron chi connectivity index (χ2n) is 8.42. The topological polar surface area (TPSA) is 44.8 Å². The van der Waals surface area contributed by atoms with Gasteiger partial charge in [-0.25, -0.2) is 9.18 Å². The van der Waals surface area contributed by atoms with E-state index in [0.717, 1.165) is 33.4 Å². The van der Waals surface area contributed by atoms with Crippen molar-refractivity contribution in [2.24, 2.45) is 0 Å². The summed E-state index contributed by atoms with van der Waals surface area (Å²) in [6.07, 6.45) is 1.97. The van der Waals surface area contributed by atoms with Crippen molar-refractivity contribution in [3.63, 3.8) is 0 Å². The summed E-state index contributed by atoms with van der Waals surface area (Å²) in [7, 11) is 1.32. The Labute approximate surface area is 222 Å². The summed E-state index contributed by atoms with van der Waals surface area (Å²) in [4.78, 5) is 11.3. The summed E-state index contributed by atoms with van der Waals surface area (Å²) in [5, 5.41) is 0. The van der Waals surface area contributed by atoms with Gasteiger partial charge < -0.3 is 14.2 Å². The molecule has 0 heterocycles. The SMILES string of the molecule is COC(=O)COc1ccc(OC/C=C(\c2ccc(F)cc2)c2ccc(C#Cc3ccccc3)cc2)cc1C. The zero-order valence-electron chi connectivity index (χ0n) is 21.2. The predicted molar refractivity (Wildman–Crippen MR) is 147 cm³/mol. The van der Waals surface area contributed by atoms with Crippen LogP contribution in [0.4, 0.5) is 4.39 Å². The van der Waals surface area contributed by atoms with E-state index in [1.54, 1.807) is 24.3 Å². The first-order valence-corrected chi connectivity index (χ1v) is 12.1. The molecule has 5 heteroatoms. The summed E-state index contributed by atoms with van der Waals surface area (Å²) in [6, 6.07) is 29.6. The van der Waals surface area contributed by atoms with Crippen LogP contribution in [0.15, 0.2) is 103 Å². The van der Waals surface area contributed by atoms with Crippen molar-refractivity contribution in [2.45, 2.75) is 6.92 Å². The van der Waals surface area contributed by atoms with Crippen molar-refractivity contribution in [1.29, 1.82) is 0 Å². The van der Waals surface area contributed by atoms with Crippen molar-refractivity contribution in [3.8, 4) is 23.3 Å². The summed E-state index contributed by atoms with van der Waals surface area (Å²) in [5.74, 6) is 6.86. The van der Waals surface area contributed by atoms with Crippen LogP contribution < -0.4 is 9.47 Å². The molecule has 4 aromatic rings. The molecular weight excluding hydrogens is 479 g/mol. The number of benzene rings is 4. The van der Waals surface area contributed by atoms with Crippen LogP contribution in [-0.4, -0.2) is 26.3 Å². The van der Waals surface area contributed by atoms with Gasteiger partial charge in [-0.3, -0.25) is 0 Å². The molecule has 0 aliphatic heterocycles. The Balaban J connectivity index is 1.50. The number of hydrogen-bond acceptors (Lipinski definition) is 4. The van der Waals surface area contributed by atoms with Gasteiger partial charge >= 0.3 is 5.97 Å². The summed E-state index contributed by atoms with van der Waals surface area (Å²) in [6.45, 7) is 2.02. The van der Waals surface area contributed by atoms with Crippen LogP contribution in [0.25, 0.3) is 5.57 Å². The highest BCUT2D eigenvalue weighted by molar-refractivity contribution is 5.80. The molecule has 4 nitrogen and oxygen atoms in total. The molecule has 0 atom stereocenters. The Morgan fingerprint density at radius 2 is 1.45 bits per heavy atom. The first kappa shape index (κ1) is 26.2. The fraction of sp³-hybridized carbons (Fsp3) is 0.121. The van der Waals surface area contributed by atoms with Crippen molar-refractivity contribution in [1.82, 2.24) is 0 Å². The zero-order chi connectivity index (χ0) is 26.7. The zero-order valence-corrected chi connectivity index (χ0v) is 21.2. The van der Waals surface area contributed by atoms with Crippen LogP contribution in [0.5, 0.6) is 11.5 Å². The third-order valence-electron chi connectivity index (χ3n) is 5.73. The lowest BCUT2D eigenvalue weighted by molar-refractivity contribution is -0.142. The highest BCUT2D eigenvalue weighted by Gasteiger charge is 2.08. The van der Waals surface area contributed by atoms with Gasteiger partial charge in [-0.05, 0) is 89.9 Å². The van der Waals surface area contributed by atoms with E-state index in [4.69, 9.17) is 9.47 Å². The molecule has 0 aliphatic rings. The molecular formula is C33H27FO4. The number of rotatable bonds is 8. The molecule has 190 valence electrons. The Kier molecular flexibility index (Phi) is 8.93. The fourth-order valence-corrected chi connectivity index (χ4v) is 3.72. The minimum absolute atomic E-state index is 0.155. The third kappa shape index (κ3) is 7.35. The molecule has 4 aromatic carbocycles. The van der Waals surface area contributed by atoms with Gasteiger partial charge in [0.1, 0.15) is 23.9 Å². The highest BCUT2D eigenvalue weighted by Crippen LogP contribution is 2.26. The lowest BCUT2D eigenvalue weighted by Gasteiger charge is -2.12. The Hall–Kier alpha value is -4.82. The quantitative estimate of drug-likeness (QED) is 0.200. The Bertz CT molecular complexity index is 1460. The van der Waals surface area contributed by atoms with Crippen LogP contribution in [-0.2, 0) is 9.53 Å². The van der Waals surface area contributed by atoms with Gasteiger partial charge in [0, 0.05) is 11.1 Å². The number of carbonyl (C=O) groups is 1. The molecule has 0 aliphatic carbocycles. The molecule has 0 saturated heterocycles. The standard InChI is InChI=1S/C33H27FO4/c1-24-22-30(18-19-32(24)38-23-33(35)36-2)37-21-20-31(28-14-16-29(34)17-15-28)27-12-10-26(11-13-27)9-8-25-6-4-3-5-7-25/h3-7,10-20,22H,21,23H2,1-2H3/b31-20-. The molecule has 38 heavy (non-hydrogen) atoms. The van der Waals surface area contributed by atoms with Crippen molar-refractivity contribution >= 4 is 11.5 Å². The summed E-state index contributed by atoms with van der Waals surface area (Å²) >= 11 is 0. The average molecular weight is 507 g/mol. The normalized spacial score (nSPS) is 10.8. The molecule has 0 aromatic heterocycles. The van der Waals surface area contributed by atoms with Gasteiger partial charge in [0.05, 0.1) is 7.11 Å². The Morgan fingerprint density at radius 1 is 0.816 bits per heavy atom. The van der Waals surface area contributed by atoms with Crippen LogP contribution in [0.2, 0.25) is 0 Å². The van der Waals surface area contributed by atoms with Gasteiger partial charge in [-0.2, -0.15) is 0 Å². The van der Waals surface area contributed by atoms with Crippen LogP contribution in [0.1, 0.15) is 27.8 Å². The van der Waals surface area contributed by atoms with Crippen molar-refractivity contribution in [3.05, 3.63) is 137 Å². The second kappa shape index (κ2) is 12.9. The molecule has 0 radical (unpaired) electrons. The van der Waals surface area contributed by atoms with Gasteiger partial charge in [0.15, 0.2) is 6.61 Å². The number of aryl methyl sites for hydroxylation is 1. The first-order chi connectivity index (χ1) is 18.5. The number of carbonyl (C=O) groups excluding carboxylic acids is 1. The maximum absolute atomic E-state index is 13.6. The lowest BCUT2D eigenvalue weighted by Crippen LogP contribution is -2.13. The lowest BCUT2D eigenvalue weighted by atomic mass is 9.96. The number of hydrogen-bond donors (Lipinski definition) is 0. The van der Waals surface area contributed by atoms with Gasteiger partial charge in [-0.15, -0.1) is 0 Å². The maximum atomic E-state index is 13.6. The van der Waals surface area contributed by atoms with Crippen LogP contribution >= 0.6 is 0 Å². The van der Waals surface area contributed by atoms with E-state index in [0.29, 0.717) is 18.1 Å². The molecule has 0 amide bonds. The third-order valence-corrected chi connectivity index (χ3v) is 5.73. The van der Waals surface area contributed by atoms with Crippen molar-refractivity contribution < 1.29 is 23.4 Å². The van der Waals surface area contributed by atoms with Crippen LogP contribution in [0, 0.1) is 24.6 Å².